The van der Waals surface area contributed by atoms with E-state index in [9.17, 15) is 4.79 Å². The molecule has 1 aliphatic rings. The molecule has 3 atom stereocenters. The van der Waals surface area contributed by atoms with Crippen molar-refractivity contribution in [1.82, 2.24) is 5.32 Å². The highest BCUT2D eigenvalue weighted by molar-refractivity contribution is 5.86. The zero-order valence-corrected chi connectivity index (χ0v) is 11.9. The number of methoxy groups -OCH3 is 1. The summed E-state index contributed by atoms with van der Waals surface area (Å²) < 4.78 is 10.1. The molecule has 1 fully saturated rings. The third kappa shape index (κ3) is 3.18. The van der Waals surface area contributed by atoms with Gasteiger partial charge in [0.15, 0.2) is 0 Å². The van der Waals surface area contributed by atoms with E-state index >= 15 is 0 Å². The van der Waals surface area contributed by atoms with Crippen molar-refractivity contribution < 1.29 is 13.9 Å². The Morgan fingerprint density at radius 2 is 2.26 bits per heavy atom. The maximum absolute atomic E-state index is 11.3. The van der Waals surface area contributed by atoms with Crippen LogP contribution in [-0.2, 0) is 11.3 Å². The maximum Gasteiger partial charge on any atom is 0.373 e. The minimum absolute atomic E-state index is 0.269. The van der Waals surface area contributed by atoms with E-state index in [0.29, 0.717) is 18.5 Å². The highest BCUT2D eigenvalue weighted by Gasteiger charge is 2.31. The Morgan fingerprint density at radius 1 is 1.47 bits per heavy atom. The average molecular weight is 265 g/mol. The summed E-state index contributed by atoms with van der Waals surface area (Å²) in [6.45, 7) is 5.25. The smallest absolute Gasteiger partial charge is 0.373 e. The number of esters is 1. The van der Waals surface area contributed by atoms with Gasteiger partial charge >= 0.3 is 5.97 Å². The first kappa shape index (κ1) is 14.1. The first-order chi connectivity index (χ1) is 9.15. The molecule has 1 aromatic rings. The molecular weight excluding hydrogens is 242 g/mol. The Balaban J connectivity index is 1.86. The number of furan rings is 1. The van der Waals surface area contributed by atoms with Crippen LogP contribution >= 0.6 is 0 Å². The number of hydrogen-bond acceptors (Lipinski definition) is 4. The molecule has 1 saturated carbocycles. The van der Waals surface area contributed by atoms with Gasteiger partial charge in [0, 0.05) is 6.04 Å². The molecule has 0 amide bonds. The molecule has 0 aliphatic heterocycles. The van der Waals surface area contributed by atoms with E-state index in [4.69, 9.17) is 4.42 Å². The Kier molecular flexibility index (Phi) is 4.64. The van der Waals surface area contributed by atoms with Crippen LogP contribution in [0.15, 0.2) is 16.5 Å². The maximum atomic E-state index is 11.3. The SMILES string of the molecule is CCC1CCC(NCc2ccc(C(=O)OC)o2)C1C. The quantitative estimate of drug-likeness (QED) is 0.832. The molecule has 1 heterocycles. The van der Waals surface area contributed by atoms with Gasteiger partial charge in [-0.2, -0.15) is 0 Å². The minimum atomic E-state index is -0.425. The third-order valence-electron chi connectivity index (χ3n) is 4.34. The fraction of sp³-hybridized carbons (Fsp3) is 0.667. The van der Waals surface area contributed by atoms with E-state index in [1.807, 2.05) is 6.07 Å². The number of ether oxygens (including phenoxy) is 1. The highest BCUT2D eigenvalue weighted by atomic mass is 16.5. The Bertz CT molecular complexity index is 427. The summed E-state index contributed by atoms with van der Waals surface area (Å²) in [4.78, 5) is 11.3. The van der Waals surface area contributed by atoms with Crippen LogP contribution < -0.4 is 5.32 Å². The van der Waals surface area contributed by atoms with E-state index in [0.717, 1.165) is 11.7 Å². The molecule has 1 aliphatic carbocycles. The lowest BCUT2D eigenvalue weighted by molar-refractivity contribution is 0.0562. The molecule has 0 saturated heterocycles. The van der Waals surface area contributed by atoms with E-state index in [-0.39, 0.29) is 5.76 Å². The van der Waals surface area contributed by atoms with E-state index < -0.39 is 5.97 Å². The van der Waals surface area contributed by atoms with Crippen molar-refractivity contribution in [1.29, 1.82) is 0 Å². The Labute approximate surface area is 114 Å². The van der Waals surface area contributed by atoms with Crippen LogP contribution in [0.1, 0.15) is 49.4 Å². The fourth-order valence-electron chi connectivity index (χ4n) is 3.03. The van der Waals surface area contributed by atoms with Gasteiger partial charge in [-0.15, -0.1) is 0 Å². The predicted molar refractivity (Wildman–Crippen MR) is 72.9 cm³/mol. The lowest BCUT2D eigenvalue weighted by Gasteiger charge is -2.20. The van der Waals surface area contributed by atoms with Gasteiger partial charge < -0.3 is 14.5 Å². The van der Waals surface area contributed by atoms with E-state index in [1.54, 1.807) is 6.07 Å². The van der Waals surface area contributed by atoms with Gasteiger partial charge in [-0.1, -0.05) is 20.3 Å². The summed E-state index contributed by atoms with van der Waals surface area (Å²) in [6, 6.07) is 4.04. The van der Waals surface area contributed by atoms with E-state index in [2.05, 4.69) is 23.9 Å². The fourth-order valence-corrected chi connectivity index (χ4v) is 3.03. The summed E-state index contributed by atoms with van der Waals surface area (Å²) in [5.74, 6) is 2.17. The summed E-state index contributed by atoms with van der Waals surface area (Å²) in [5.41, 5.74) is 0. The Morgan fingerprint density at radius 3 is 2.89 bits per heavy atom. The van der Waals surface area contributed by atoms with Crippen molar-refractivity contribution >= 4 is 5.97 Å². The van der Waals surface area contributed by atoms with Crippen molar-refractivity contribution in [2.75, 3.05) is 7.11 Å². The number of hydrogen-bond donors (Lipinski definition) is 1. The van der Waals surface area contributed by atoms with Crippen LogP contribution in [0.5, 0.6) is 0 Å². The second kappa shape index (κ2) is 6.24. The summed E-state index contributed by atoms with van der Waals surface area (Å²) in [5, 5.41) is 3.54. The normalized spacial score (nSPS) is 26.6. The number of carbonyl (C=O) groups is 1. The first-order valence-electron chi connectivity index (χ1n) is 7.06. The molecule has 0 radical (unpaired) electrons. The summed E-state index contributed by atoms with van der Waals surface area (Å²) in [7, 11) is 1.36. The van der Waals surface area contributed by atoms with Gasteiger partial charge in [0.1, 0.15) is 5.76 Å². The monoisotopic (exact) mass is 265 g/mol. The van der Waals surface area contributed by atoms with Crippen molar-refractivity contribution in [2.45, 2.75) is 45.7 Å². The molecule has 1 N–H and O–H groups in total. The van der Waals surface area contributed by atoms with Crippen LogP contribution in [0.25, 0.3) is 0 Å². The zero-order chi connectivity index (χ0) is 13.8. The molecule has 1 aromatic heterocycles. The van der Waals surface area contributed by atoms with Crippen molar-refractivity contribution in [3.05, 3.63) is 23.7 Å². The van der Waals surface area contributed by atoms with Crippen LogP contribution in [0.3, 0.4) is 0 Å². The molecule has 106 valence electrons. The second-order valence-electron chi connectivity index (χ2n) is 5.35. The number of nitrogens with one attached hydrogen (secondary N) is 1. The molecule has 0 aromatic carbocycles. The predicted octanol–water partition coefficient (Wildman–Crippen LogP) is 2.98. The van der Waals surface area contributed by atoms with Gasteiger partial charge in [0.05, 0.1) is 13.7 Å². The largest absolute Gasteiger partial charge is 0.463 e. The molecule has 3 unspecified atom stereocenters. The third-order valence-corrected chi connectivity index (χ3v) is 4.34. The lowest BCUT2D eigenvalue weighted by Crippen LogP contribution is -2.32. The summed E-state index contributed by atoms with van der Waals surface area (Å²) in [6.07, 6.45) is 3.79. The van der Waals surface area contributed by atoms with Crippen molar-refractivity contribution in [2.24, 2.45) is 11.8 Å². The van der Waals surface area contributed by atoms with Crippen LogP contribution in [0.4, 0.5) is 0 Å². The van der Waals surface area contributed by atoms with Gasteiger partial charge in [-0.3, -0.25) is 0 Å². The van der Waals surface area contributed by atoms with Gasteiger partial charge in [0.2, 0.25) is 5.76 Å². The zero-order valence-electron chi connectivity index (χ0n) is 11.9. The average Bonchev–Trinajstić information content (AvgIpc) is 3.02. The molecule has 0 spiro atoms. The molecular formula is C15H23NO3. The first-order valence-corrected chi connectivity index (χ1v) is 7.06. The Hall–Kier alpha value is -1.29. The molecule has 4 nitrogen and oxygen atoms in total. The lowest BCUT2D eigenvalue weighted by atomic mass is 9.93. The van der Waals surface area contributed by atoms with Crippen LogP contribution in [-0.4, -0.2) is 19.1 Å². The molecule has 2 rings (SSSR count). The number of rotatable bonds is 5. The van der Waals surface area contributed by atoms with E-state index in [1.165, 1.54) is 26.4 Å². The summed E-state index contributed by atoms with van der Waals surface area (Å²) >= 11 is 0. The van der Waals surface area contributed by atoms with Crippen LogP contribution in [0, 0.1) is 11.8 Å². The number of carbonyl (C=O) groups excluding carboxylic acids is 1. The highest BCUT2D eigenvalue weighted by Crippen LogP contribution is 2.33. The van der Waals surface area contributed by atoms with Gasteiger partial charge in [-0.25, -0.2) is 4.79 Å². The van der Waals surface area contributed by atoms with Crippen molar-refractivity contribution in [3.63, 3.8) is 0 Å². The topological polar surface area (TPSA) is 51.5 Å². The van der Waals surface area contributed by atoms with Gasteiger partial charge in [0.25, 0.3) is 0 Å². The minimum Gasteiger partial charge on any atom is -0.463 e. The van der Waals surface area contributed by atoms with Crippen molar-refractivity contribution in [3.8, 4) is 0 Å². The molecule has 4 heteroatoms. The molecule has 0 bridgehead atoms. The second-order valence-corrected chi connectivity index (χ2v) is 5.35. The standard InChI is InChI=1S/C15H23NO3/c1-4-11-5-7-13(10(11)2)16-9-12-6-8-14(19-12)15(17)18-3/h6,8,10-11,13,16H,4-5,7,9H2,1-3H3. The van der Waals surface area contributed by atoms with Gasteiger partial charge in [-0.05, 0) is 36.8 Å². The molecule has 19 heavy (non-hydrogen) atoms. The van der Waals surface area contributed by atoms with Crippen LogP contribution in [0.2, 0.25) is 0 Å².